The number of nitrogens with one attached hydrogen (secondary N) is 1. The molecule has 0 aromatic heterocycles. The van der Waals surface area contributed by atoms with E-state index in [1.54, 1.807) is 48.5 Å². The van der Waals surface area contributed by atoms with E-state index in [2.05, 4.69) is 4.72 Å². The van der Waals surface area contributed by atoms with Crippen LogP contribution in [0, 0.1) is 6.92 Å². The molecule has 0 spiro atoms. The lowest BCUT2D eigenvalue weighted by Crippen LogP contribution is -2.35. The summed E-state index contributed by atoms with van der Waals surface area (Å²) in [6, 6.07) is 13.9. The molecule has 1 fully saturated rings. The van der Waals surface area contributed by atoms with Crippen molar-refractivity contribution in [2.24, 2.45) is 0 Å². The first kappa shape index (κ1) is 18.6. The van der Waals surface area contributed by atoms with Gasteiger partial charge >= 0.3 is 0 Å². The molecule has 26 heavy (non-hydrogen) atoms. The van der Waals surface area contributed by atoms with Crippen LogP contribution in [0.4, 0.5) is 0 Å². The van der Waals surface area contributed by atoms with Gasteiger partial charge in [-0.25, -0.2) is 13.1 Å². The Hall–Kier alpha value is -2.18. The second-order valence-electron chi connectivity index (χ2n) is 6.69. The molecule has 1 aliphatic heterocycles. The molecule has 2 aromatic carbocycles. The summed E-state index contributed by atoms with van der Waals surface area (Å²) in [7, 11) is -3.54. The zero-order valence-corrected chi connectivity index (χ0v) is 15.8. The number of nitrogens with zero attached hydrogens (tertiary/aromatic N) is 1. The number of likely N-dealkylation sites (tertiary alicyclic amines) is 1. The highest BCUT2D eigenvalue weighted by molar-refractivity contribution is 7.89. The van der Waals surface area contributed by atoms with Crippen molar-refractivity contribution in [3.63, 3.8) is 0 Å². The minimum atomic E-state index is -3.54. The molecule has 0 atom stereocenters. The number of rotatable bonds is 5. The Morgan fingerprint density at radius 2 is 1.58 bits per heavy atom. The van der Waals surface area contributed by atoms with Gasteiger partial charge in [-0.2, -0.15) is 0 Å². The maximum atomic E-state index is 12.5. The van der Waals surface area contributed by atoms with Crippen LogP contribution in [0.5, 0.6) is 0 Å². The maximum absolute atomic E-state index is 12.5. The molecule has 1 aliphatic rings. The number of carbonyl (C=O) groups is 1. The summed E-state index contributed by atoms with van der Waals surface area (Å²) >= 11 is 0. The molecule has 1 saturated heterocycles. The van der Waals surface area contributed by atoms with Gasteiger partial charge in [-0.15, -0.1) is 0 Å². The topological polar surface area (TPSA) is 66.5 Å². The molecule has 6 heteroatoms. The van der Waals surface area contributed by atoms with Gasteiger partial charge in [0.2, 0.25) is 10.0 Å². The monoisotopic (exact) mass is 372 g/mol. The van der Waals surface area contributed by atoms with E-state index in [1.165, 1.54) is 6.42 Å². The summed E-state index contributed by atoms with van der Waals surface area (Å²) in [6.45, 7) is 3.73. The van der Waals surface area contributed by atoms with Crippen LogP contribution in [0.1, 0.15) is 40.7 Å². The number of piperidine rings is 1. The average molecular weight is 372 g/mol. The van der Waals surface area contributed by atoms with Gasteiger partial charge in [0.25, 0.3) is 5.91 Å². The molecular weight excluding hydrogens is 348 g/mol. The predicted molar refractivity (Wildman–Crippen MR) is 101 cm³/mol. The SMILES string of the molecule is Cc1ccc(S(=O)(=O)NCc2ccc(C(=O)N3CCCCC3)cc2)cc1. The second kappa shape index (κ2) is 8.01. The lowest BCUT2D eigenvalue weighted by molar-refractivity contribution is 0.0724. The molecule has 2 aromatic rings. The van der Waals surface area contributed by atoms with Crippen molar-refractivity contribution in [3.05, 3.63) is 65.2 Å². The van der Waals surface area contributed by atoms with Crippen LogP contribution in [0.2, 0.25) is 0 Å². The van der Waals surface area contributed by atoms with Crippen molar-refractivity contribution < 1.29 is 13.2 Å². The molecule has 1 N–H and O–H groups in total. The summed E-state index contributed by atoms with van der Waals surface area (Å²) in [5.74, 6) is 0.0523. The van der Waals surface area contributed by atoms with Gasteiger partial charge in [0.15, 0.2) is 0 Å². The Morgan fingerprint density at radius 3 is 2.19 bits per heavy atom. The van der Waals surface area contributed by atoms with E-state index >= 15 is 0 Å². The number of carbonyl (C=O) groups excluding carboxylic acids is 1. The number of amides is 1. The zero-order valence-electron chi connectivity index (χ0n) is 14.9. The fourth-order valence-corrected chi connectivity index (χ4v) is 4.04. The van der Waals surface area contributed by atoms with Gasteiger partial charge < -0.3 is 4.90 Å². The molecule has 5 nitrogen and oxygen atoms in total. The molecule has 1 amide bonds. The highest BCUT2D eigenvalue weighted by atomic mass is 32.2. The van der Waals surface area contributed by atoms with Crippen molar-refractivity contribution in [1.82, 2.24) is 9.62 Å². The van der Waals surface area contributed by atoms with Crippen LogP contribution in [-0.4, -0.2) is 32.3 Å². The number of hydrogen-bond donors (Lipinski definition) is 1. The summed E-state index contributed by atoms with van der Waals surface area (Å²) in [5.41, 5.74) is 2.48. The first-order valence-electron chi connectivity index (χ1n) is 8.90. The fraction of sp³-hybridized carbons (Fsp3) is 0.350. The maximum Gasteiger partial charge on any atom is 0.253 e. The standard InChI is InChI=1S/C20H24N2O3S/c1-16-5-11-19(12-6-16)26(24,25)21-15-17-7-9-18(10-8-17)20(23)22-13-3-2-4-14-22/h5-12,21H,2-4,13-15H2,1H3. The Balaban J connectivity index is 1.62. The minimum Gasteiger partial charge on any atom is -0.339 e. The van der Waals surface area contributed by atoms with Crippen LogP contribution in [-0.2, 0) is 16.6 Å². The van der Waals surface area contributed by atoms with Gasteiger partial charge in [0.1, 0.15) is 0 Å². The van der Waals surface area contributed by atoms with Crippen molar-refractivity contribution in [1.29, 1.82) is 0 Å². The third-order valence-electron chi connectivity index (χ3n) is 4.64. The van der Waals surface area contributed by atoms with E-state index in [0.717, 1.165) is 37.1 Å². The van der Waals surface area contributed by atoms with Crippen LogP contribution in [0.25, 0.3) is 0 Å². The number of sulfonamides is 1. The van der Waals surface area contributed by atoms with E-state index in [1.807, 2.05) is 11.8 Å². The van der Waals surface area contributed by atoms with E-state index in [4.69, 9.17) is 0 Å². The Morgan fingerprint density at radius 1 is 0.962 bits per heavy atom. The molecule has 0 saturated carbocycles. The number of benzene rings is 2. The fourth-order valence-electron chi connectivity index (χ4n) is 3.02. The Bertz CT molecular complexity index is 853. The molecular formula is C20H24N2O3S. The molecule has 3 rings (SSSR count). The summed E-state index contributed by atoms with van der Waals surface area (Å²) in [4.78, 5) is 14.6. The molecule has 0 unspecified atom stereocenters. The lowest BCUT2D eigenvalue weighted by Gasteiger charge is -2.26. The normalized spacial score (nSPS) is 15.0. The first-order valence-corrected chi connectivity index (χ1v) is 10.4. The van der Waals surface area contributed by atoms with Gasteiger partial charge in [-0.1, -0.05) is 29.8 Å². The van der Waals surface area contributed by atoms with Crippen LogP contribution >= 0.6 is 0 Å². The van der Waals surface area contributed by atoms with E-state index in [9.17, 15) is 13.2 Å². The predicted octanol–water partition coefficient (Wildman–Crippen LogP) is 3.10. The van der Waals surface area contributed by atoms with Crippen molar-refractivity contribution in [2.75, 3.05) is 13.1 Å². The molecule has 0 aliphatic carbocycles. The van der Waals surface area contributed by atoms with Crippen molar-refractivity contribution in [3.8, 4) is 0 Å². The average Bonchev–Trinajstić information content (AvgIpc) is 2.67. The van der Waals surface area contributed by atoms with Crippen molar-refractivity contribution in [2.45, 2.75) is 37.6 Å². The van der Waals surface area contributed by atoms with Crippen molar-refractivity contribution >= 4 is 15.9 Å². The molecule has 0 bridgehead atoms. The third kappa shape index (κ3) is 4.51. The van der Waals surface area contributed by atoms with Crippen LogP contribution < -0.4 is 4.72 Å². The van der Waals surface area contributed by atoms with Crippen LogP contribution in [0.15, 0.2) is 53.4 Å². The number of aryl methyl sites for hydroxylation is 1. The summed E-state index contributed by atoms with van der Waals surface area (Å²) in [5, 5.41) is 0. The minimum absolute atomic E-state index is 0.0523. The largest absolute Gasteiger partial charge is 0.339 e. The smallest absolute Gasteiger partial charge is 0.253 e. The van der Waals surface area contributed by atoms with Gasteiger partial charge in [-0.3, -0.25) is 4.79 Å². The van der Waals surface area contributed by atoms with E-state index in [-0.39, 0.29) is 17.3 Å². The van der Waals surface area contributed by atoms with E-state index < -0.39 is 10.0 Å². The Labute approximate surface area is 155 Å². The summed E-state index contributed by atoms with van der Waals surface area (Å²) in [6.07, 6.45) is 3.30. The molecule has 0 radical (unpaired) electrons. The van der Waals surface area contributed by atoms with Crippen LogP contribution in [0.3, 0.4) is 0 Å². The highest BCUT2D eigenvalue weighted by Crippen LogP contribution is 2.15. The quantitative estimate of drug-likeness (QED) is 0.877. The van der Waals surface area contributed by atoms with Gasteiger partial charge in [0, 0.05) is 25.2 Å². The molecule has 1 heterocycles. The van der Waals surface area contributed by atoms with Gasteiger partial charge in [-0.05, 0) is 56.0 Å². The van der Waals surface area contributed by atoms with Gasteiger partial charge in [0.05, 0.1) is 4.90 Å². The Kier molecular flexibility index (Phi) is 5.74. The third-order valence-corrected chi connectivity index (χ3v) is 6.06. The first-order chi connectivity index (χ1) is 12.5. The number of hydrogen-bond acceptors (Lipinski definition) is 3. The second-order valence-corrected chi connectivity index (χ2v) is 8.45. The van der Waals surface area contributed by atoms with E-state index in [0.29, 0.717) is 5.56 Å². The summed E-state index contributed by atoms with van der Waals surface area (Å²) < 4.78 is 27.3. The lowest BCUT2D eigenvalue weighted by atomic mass is 10.1. The highest BCUT2D eigenvalue weighted by Gasteiger charge is 2.18. The molecule has 138 valence electrons. The zero-order chi connectivity index (χ0) is 18.6.